The molecule has 0 aliphatic carbocycles. The van der Waals surface area contributed by atoms with Gasteiger partial charge in [-0.05, 0) is 104 Å². The number of carbonyl (C=O) groups excluding carboxylic acids is 4. The fourth-order valence-corrected chi connectivity index (χ4v) is 6.36. The Balaban J connectivity index is 1.14. The van der Waals surface area contributed by atoms with E-state index in [4.69, 9.17) is 16.3 Å². The molecule has 0 spiro atoms. The summed E-state index contributed by atoms with van der Waals surface area (Å²) in [7, 11) is 0. The number of aromatic carboxylic acids is 1. The molecule has 4 amide bonds. The number of carboxylic acid groups (broad SMARTS) is 1. The molecular weight excluding hydrogens is 760 g/mol. The van der Waals surface area contributed by atoms with Crippen LogP contribution < -0.4 is 21.3 Å². The second-order valence-corrected chi connectivity index (χ2v) is 14.9. The number of rotatable bonds is 12. The van der Waals surface area contributed by atoms with E-state index in [0.717, 1.165) is 0 Å². The molecule has 1 fully saturated rings. The van der Waals surface area contributed by atoms with Crippen LogP contribution in [0.5, 0.6) is 0 Å². The van der Waals surface area contributed by atoms with Crippen molar-refractivity contribution in [1.29, 1.82) is 0 Å². The molecule has 3 heterocycles. The normalized spacial score (nSPS) is 14.4. The maximum Gasteiger partial charge on any atom is 0.352 e. The first kappa shape index (κ1) is 40.1. The molecule has 18 nitrogen and oxygen atoms in total. The number of hydrogen-bond donors (Lipinski definition) is 7. The fourth-order valence-electron chi connectivity index (χ4n) is 6.19. The molecule has 0 radical (unpaired) electrons. The standard InChI is InChI=1S/C38H41ClN10O8/c1-38(2,3)57-36(55)22-12-14-48(15-13-22)37(56)42-25-7-4-21(5-8-25)16-29(32(50)41-26-9-10-27-23(17-26)18-30(43-27)35(53)54)45-34(52)33(51)44-28-19-24(39)6-11-31(28)49-20-40-46-47-49/h4-11,17-20,22,29,33,43-44,51H,12-16H2,1-3H3,(H,41,50)(H,42,56)(H,45,52)(H,53,54)/t29-,33-/m0/s1. The number of nitrogens with one attached hydrogen (secondary N) is 5. The van der Waals surface area contributed by atoms with Gasteiger partial charge in [-0.15, -0.1) is 5.10 Å². The van der Waals surface area contributed by atoms with Crippen molar-refractivity contribution in [3.63, 3.8) is 0 Å². The number of aromatic nitrogens is 5. The van der Waals surface area contributed by atoms with Gasteiger partial charge in [0.25, 0.3) is 5.91 Å². The predicted molar refractivity (Wildman–Crippen MR) is 209 cm³/mol. The number of esters is 1. The number of aliphatic hydroxyl groups is 1. The molecule has 57 heavy (non-hydrogen) atoms. The molecule has 7 N–H and O–H groups in total. The van der Waals surface area contributed by atoms with E-state index in [0.29, 0.717) is 64.5 Å². The summed E-state index contributed by atoms with van der Waals surface area (Å²) in [4.78, 5) is 68.7. The van der Waals surface area contributed by atoms with Crippen molar-refractivity contribution in [2.75, 3.05) is 29.0 Å². The number of benzene rings is 3. The molecule has 0 saturated carbocycles. The molecule has 2 atom stereocenters. The van der Waals surface area contributed by atoms with Crippen molar-refractivity contribution < 1.29 is 38.9 Å². The zero-order valence-corrected chi connectivity index (χ0v) is 31.9. The third kappa shape index (κ3) is 10.4. The third-order valence-corrected chi connectivity index (χ3v) is 9.25. The summed E-state index contributed by atoms with van der Waals surface area (Å²) in [5.74, 6) is -3.25. The van der Waals surface area contributed by atoms with E-state index >= 15 is 0 Å². The quantitative estimate of drug-likeness (QED) is 0.0694. The van der Waals surface area contributed by atoms with Crippen LogP contribution in [-0.2, 0) is 25.5 Å². The number of anilines is 3. The van der Waals surface area contributed by atoms with Crippen molar-refractivity contribution in [2.45, 2.75) is 57.9 Å². The minimum absolute atomic E-state index is 0.0227. The van der Waals surface area contributed by atoms with Crippen LogP contribution in [0.15, 0.2) is 73.1 Å². The lowest BCUT2D eigenvalue weighted by Gasteiger charge is -2.32. The molecule has 1 saturated heterocycles. The van der Waals surface area contributed by atoms with Gasteiger partial charge in [-0.1, -0.05) is 23.7 Å². The van der Waals surface area contributed by atoms with Gasteiger partial charge < -0.3 is 46.1 Å². The number of carbonyl (C=O) groups is 5. The Morgan fingerprint density at radius 1 is 0.947 bits per heavy atom. The molecule has 5 aromatic rings. The van der Waals surface area contributed by atoms with Crippen molar-refractivity contribution in [3.8, 4) is 5.69 Å². The van der Waals surface area contributed by atoms with Gasteiger partial charge in [-0.3, -0.25) is 14.4 Å². The molecular formula is C38H41ClN10O8. The fraction of sp³-hybridized carbons (Fsp3) is 0.316. The van der Waals surface area contributed by atoms with Crippen molar-refractivity contribution in [3.05, 3.63) is 89.3 Å². The van der Waals surface area contributed by atoms with E-state index < -0.39 is 35.7 Å². The van der Waals surface area contributed by atoms with Crippen LogP contribution >= 0.6 is 11.6 Å². The van der Waals surface area contributed by atoms with Crippen LogP contribution in [0.4, 0.5) is 21.9 Å². The Morgan fingerprint density at radius 2 is 1.67 bits per heavy atom. The first-order valence-electron chi connectivity index (χ1n) is 17.9. The topological polar surface area (TPSA) is 246 Å². The first-order chi connectivity index (χ1) is 27.1. The number of aromatic amines is 1. The Morgan fingerprint density at radius 3 is 2.33 bits per heavy atom. The van der Waals surface area contributed by atoms with Crippen molar-refractivity contribution in [1.82, 2.24) is 35.4 Å². The zero-order valence-electron chi connectivity index (χ0n) is 31.2. The number of hydrogen-bond acceptors (Lipinski definition) is 11. The largest absolute Gasteiger partial charge is 0.477 e. The Bertz CT molecular complexity index is 2270. The zero-order chi connectivity index (χ0) is 40.9. The van der Waals surface area contributed by atoms with E-state index in [1.54, 1.807) is 59.5 Å². The number of H-pyrrole nitrogens is 1. The molecule has 298 valence electrons. The lowest BCUT2D eigenvalue weighted by Crippen LogP contribution is -2.50. The van der Waals surface area contributed by atoms with Gasteiger partial charge in [0.2, 0.25) is 12.1 Å². The van der Waals surface area contributed by atoms with Crippen LogP contribution in [0, 0.1) is 5.92 Å². The molecule has 0 bridgehead atoms. The Kier molecular flexibility index (Phi) is 12.0. The minimum atomic E-state index is -1.86. The summed E-state index contributed by atoms with van der Waals surface area (Å²) in [5.41, 5.74) is 1.98. The van der Waals surface area contributed by atoms with Gasteiger partial charge in [0.15, 0.2) is 0 Å². The second kappa shape index (κ2) is 17.1. The summed E-state index contributed by atoms with van der Waals surface area (Å²) in [5, 5.41) is 43.2. The van der Waals surface area contributed by atoms with Gasteiger partial charge in [-0.25, -0.2) is 9.59 Å². The van der Waals surface area contributed by atoms with E-state index in [2.05, 4.69) is 41.8 Å². The van der Waals surface area contributed by atoms with Crippen LogP contribution in [0.1, 0.15) is 49.7 Å². The van der Waals surface area contributed by atoms with Gasteiger partial charge in [0.05, 0.1) is 17.3 Å². The highest BCUT2D eigenvalue weighted by molar-refractivity contribution is 6.31. The Hall–Kier alpha value is -6.53. The summed E-state index contributed by atoms with van der Waals surface area (Å²) < 4.78 is 6.81. The highest BCUT2D eigenvalue weighted by atomic mass is 35.5. The number of amides is 4. The number of fused-ring (bicyclic) bond motifs is 1. The van der Waals surface area contributed by atoms with Crippen molar-refractivity contribution >= 4 is 69.4 Å². The highest BCUT2D eigenvalue weighted by Crippen LogP contribution is 2.26. The maximum atomic E-state index is 13.8. The molecule has 3 aromatic carbocycles. The number of carboxylic acids is 1. The van der Waals surface area contributed by atoms with Crippen molar-refractivity contribution in [2.24, 2.45) is 5.92 Å². The second-order valence-electron chi connectivity index (χ2n) is 14.4. The predicted octanol–water partition coefficient (Wildman–Crippen LogP) is 4.18. The first-order valence-corrected chi connectivity index (χ1v) is 18.3. The maximum absolute atomic E-state index is 13.8. The summed E-state index contributed by atoms with van der Waals surface area (Å²) in [6, 6.07) is 16.0. The SMILES string of the molecule is CC(C)(C)OC(=O)C1CCN(C(=O)Nc2ccc(C[C@H](NC(=O)[C@H](O)Nc3cc(Cl)ccc3-n3cnnn3)C(=O)Nc3ccc4[nH]c(C(=O)O)cc4c3)cc2)CC1. The van der Waals surface area contributed by atoms with Gasteiger partial charge in [0, 0.05) is 46.8 Å². The van der Waals surface area contributed by atoms with Crippen LogP contribution in [0.3, 0.4) is 0 Å². The van der Waals surface area contributed by atoms with E-state index in [1.807, 2.05) is 20.8 Å². The van der Waals surface area contributed by atoms with E-state index in [1.165, 1.54) is 23.1 Å². The number of aliphatic hydroxyl groups excluding tert-OH is 1. The number of likely N-dealkylation sites (tertiary alicyclic amines) is 1. The van der Waals surface area contributed by atoms with E-state index in [9.17, 15) is 34.2 Å². The van der Waals surface area contributed by atoms with Gasteiger partial charge >= 0.3 is 18.0 Å². The average Bonchev–Trinajstić information content (AvgIpc) is 3.86. The summed E-state index contributed by atoms with van der Waals surface area (Å²) in [6.45, 7) is 6.23. The molecule has 0 unspecified atom stereocenters. The lowest BCUT2D eigenvalue weighted by atomic mass is 9.97. The highest BCUT2D eigenvalue weighted by Gasteiger charge is 2.31. The third-order valence-electron chi connectivity index (χ3n) is 9.01. The molecule has 19 heteroatoms. The Labute approximate surface area is 330 Å². The molecule has 6 rings (SSSR count). The number of nitrogens with zero attached hydrogens (tertiary/aromatic N) is 5. The molecule has 1 aliphatic heterocycles. The number of ether oxygens (including phenoxy) is 1. The van der Waals surface area contributed by atoms with E-state index in [-0.39, 0.29) is 35.7 Å². The summed E-state index contributed by atoms with van der Waals surface area (Å²) in [6.07, 6.45) is 0.415. The average molecular weight is 801 g/mol. The number of halogens is 1. The lowest BCUT2D eigenvalue weighted by molar-refractivity contribution is -0.161. The summed E-state index contributed by atoms with van der Waals surface area (Å²) >= 11 is 6.19. The van der Waals surface area contributed by atoms with Crippen LogP contribution in [0.2, 0.25) is 5.02 Å². The van der Waals surface area contributed by atoms with Crippen LogP contribution in [0.25, 0.3) is 16.6 Å². The van der Waals surface area contributed by atoms with Crippen LogP contribution in [-0.4, -0.2) is 101 Å². The minimum Gasteiger partial charge on any atom is -0.477 e. The smallest absolute Gasteiger partial charge is 0.352 e. The monoisotopic (exact) mass is 800 g/mol. The van der Waals surface area contributed by atoms with Gasteiger partial charge in [0.1, 0.15) is 23.7 Å². The van der Waals surface area contributed by atoms with Gasteiger partial charge in [-0.2, -0.15) is 4.68 Å². The number of tetrazole rings is 1. The number of urea groups is 1. The number of piperidine rings is 1. The molecule has 1 aliphatic rings. The molecule has 2 aromatic heterocycles.